The molecule has 2 rings (SSSR count). The second-order valence-corrected chi connectivity index (χ2v) is 2.76. The molecular formula is C8H8N4O. The Labute approximate surface area is 74.0 Å². The van der Waals surface area contributed by atoms with Crippen LogP contribution in [0.2, 0.25) is 0 Å². The van der Waals surface area contributed by atoms with Gasteiger partial charge >= 0.3 is 0 Å². The van der Waals surface area contributed by atoms with E-state index in [1.165, 1.54) is 0 Å². The minimum absolute atomic E-state index is 0.356. The summed E-state index contributed by atoms with van der Waals surface area (Å²) in [5, 5.41) is 0. The van der Waals surface area contributed by atoms with Gasteiger partial charge in [-0.05, 0) is 13.0 Å². The molecule has 0 bridgehead atoms. The molecule has 0 aliphatic rings. The molecule has 0 unspecified atom stereocenters. The van der Waals surface area contributed by atoms with Crippen molar-refractivity contribution in [2.24, 2.45) is 5.73 Å². The number of carbonyl (C=O) groups excluding carboxylic acids is 1. The lowest BCUT2D eigenvalue weighted by Gasteiger charge is -1.89. The molecule has 13 heavy (non-hydrogen) atoms. The van der Waals surface area contributed by atoms with Crippen LogP contribution in [0.1, 0.15) is 16.3 Å². The van der Waals surface area contributed by atoms with E-state index in [4.69, 9.17) is 5.73 Å². The summed E-state index contributed by atoms with van der Waals surface area (Å²) in [6.45, 7) is 1.79. The van der Waals surface area contributed by atoms with E-state index in [0.29, 0.717) is 17.0 Å². The number of hydrogen-bond acceptors (Lipinski definition) is 3. The first-order chi connectivity index (χ1) is 6.16. The average Bonchev–Trinajstić information content (AvgIpc) is 2.46. The predicted molar refractivity (Wildman–Crippen MR) is 47.1 cm³/mol. The molecule has 0 aliphatic heterocycles. The highest BCUT2D eigenvalue weighted by molar-refractivity contribution is 5.95. The molecule has 5 heteroatoms. The number of primary amides is 1. The highest BCUT2D eigenvalue weighted by Gasteiger charge is 2.06. The molecule has 66 valence electrons. The first-order valence-corrected chi connectivity index (χ1v) is 3.79. The molecule has 0 fully saturated rings. The summed E-state index contributed by atoms with van der Waals surface area (Å²) < 4.78 is 0. The molecule has 0 atom stereocenters. The normalized spacial score (nSPS) is 10.5. The quantitative estimate of drug-likeness (QED) is 0.658. The van der Waals surface area contributed by atoms with Gasteiger partial charge in [0, 0.05) is 0 Å². The molecule has 5 nitrogen and oxygen atoms in total. The fraction of sp³-hybridized carbons (Fsp3) is 0.125. The maximum Gasteiger partial charge on any atom is 0.265 e. The van der Waals surface area contributed by atoms with Crippen LogP contribution in [-0.2, 0) is 0 Å². The largest absolute Gasteiger partial charge is 0.364 e. The third kappa shape index (κ3) is 1.24. The number of aromatic nitrogens is 3. The van der Waals surface area contributed by atoms with Gasteiger partial charge in [0.15, 0.2) is 0 Å². The zero-order valence-corrected chi connectivity index (χ0v) is 7.03. The van der Waals surface area contributed by atoms with Crippen LogP contribution < -0.4 is 5.73 Å². The van der Waals surface area contributed by atoms with Crippen molar-refractivity contribution < 1.29 is 4.79 Å². The highest BCUT2D eigenvalue weighted by atomic mass is 16.1. The summed E-state index contributed by atoms with van der Waals surface area (Å²) in [4.78, 5) is 21.7. The van der Waals surface area contributed by atoms with Crippen molar-refractivity contribution in [2.75, 3.05) is 0 Å². The molecule has 2 aromatic rings. The summed E-state index contributed by atoms with van der Waals surface area (Å²) in [6.07, 6.45) is 1.63. The Morgan fingerprint density at radius 1 is 1.62 bits per heavy atom. The lowest BCUT2D eigenvalue weighted by molar-refractivity contribution is 0.0996. The monoisotopic (exact) mass is 176 g/mol. The van der Waals surface area contributed by atoms with E-state index in [9.17, 15) is 4.79 Å². The van der Waals surface area contributed by atoms with Gasteiger partial charge in [0.05, 0.1) is 17.2 Å². The first kappa shape index (κ1) is 7.72. The Kier molecular flexibility index (Phi) is 1.51. The van der Waals surface area contributed by atoms with Crippen LogP contribution in [-0.4, -0.2) is 20.9 Å². The second-order valence-electron chi connectivity index (χ2n) is 2.76. The number of aryl methyl sites for hydroxylation is 1. The van der Waals surface area contributed by atoms with Crippen LogP contribution in [0.3, 0.4) is 0 Å². The number of nitrogens with two attached hydrogens (primary N) is 1. The number of fused-ring (bicyclic) bond motifs is 1. The molecule has 1 amide bonds. The van der Waals surface area contributed by atoms with Crippen LogP contribution in [0.4, 0.5) is 0 Å². The van der Waals surface area contributed by atoms with Crippen molar-refractivity contribution >= 4 is 16.9 Å². The number of amides is 1. The van der Waals surface area contributed by atoms with Gasteiger partial charge in [0.2, 0.25) is 0 Å². The van der Waals surface area contributed by atoms with Gasteiger partial charge in [-0.1, -0.05) is 0 Å². The number of hydrogen-bond donors (Lipinski definition) is 2. The zero-order valence-electron chi connectivity index (χ0n) is 7.03. The summed E-state index contributed by atoms with van der Waals surface area (Å²) in [7, 11) is 0. The Morgan fingerprint density at radius 3 is 3.08 bits per heavy atom. The van der Waals surface area contributed by atoms with Gasteiger partial charge in [0.1, 0.15) is 11.5 Å². The molecule has 2 aromatic heterocycles. The van der Waals surface area contributed by atoms with Crippen molar-refractivity contribution in [3.05, 3.63) is 23.8 Å². The standard InChI is InChI=1S/C8H8N4O/c1-4-10-3-7-5(11-4)2-6(12-7)8(9)13/h2-3,12H,1H3,(H2,9,13). The topological polar surface area (TPSA) is 84.7 Å². The van der Waals surface area contributed by atoms with E-state index in [1.807, 2.05) is 0 Å². The Hall–Kier alpha value is -1.91. The van der Waals surface area contributed by atoms with E-state index >= 15 is 0 Å². The van der Waals surface area contributed by atoms with Crippen molar-refractivity contribution in [1.29, 1.82) is 0 Å². The smallest absolute Gasteiger partial charge is 0.265 e. The molecule has 0 radical (unpaired) electrons. The summed E-state index contributed by atoms with van der Waals surface area (Å²) >= 11 is 0. The minimum Gasteiger partial charge on any atom is -0.364 e. The van der Waals surface area contributed by atoms with Gasteiger partial charge in [-0.3, -0.25) is 4.79 Å². The summed E-state index contributed by atoms with van der Waals surface area (Å²) in [5.41, 5.74) is 6.88. The fourth-order valence-corrected chi connectivity index (χ4v) is 1.14. The molecule has 0 saturated carbocycles. The third-order valence-corrected chi connectivity index (χ3v) is 1.75. The zero-order chi connectivity index (χ0) is 9.42. The number of nitrogens with one attached hydrogen (secondary N) is 1. The van der Waals surface area contributed by atoms with Gasteiger partial charge < -0.3 is 10.7 Å². The SMILES string of the molecule is Cc1ncc2[nH]c(C(N)=O)cc2n1. The van der Waals surface area contributed by atoms with Crippen LogP contribution in [0.25, 0.3) is 11.0 Å². The number of rotatable bonds is 1. The Balaban J connectivity index is 2.68. The Morgan fingerprint density at radius 2 is 2.38 bits per heavy atom. The van der Waals surface area contributed by atoms with Crippen molar-refractivity contribution in [1.82, 2.24) is 15.0 Å². The molecule has 0 spiro atoms. The lowest BCUT2D eigenvalue weighted by Crippen LogP contribution is -2.10. The van der Waals surface area contributed by atoms with Crippen LogP contribution in [0.5, 0.6) is 0 Å². The molecule has 0 aliphatic carbocycles. The number of carbonyl (C=O) groups is 1. The highest BCUT2D eigenvalue weighted by Crippen LogP contribution is 2.11. The molecule has 2 heterocycles. The van der Waals surface area contributed by atoms with Crippen LogP contribution >= 0.6 is 0 Å². The maximum atomic E-state index is 10.8. The molecule has 0 saturated heterocycles. The number of H-pyrrole nitrogens is 1. The predicted octanol–water partition coefficient (Wildman–Crippen LogP) is 0.365. The van der Waals surface area contributed by atoms with E-state index in [2.05, 4.69) is 15.0 Å². The van der Waals surface area contributed by atoms with Crippen molar-refractivity contribution in [3.8, 4) is 0 Å². The van der Waals surface area contributed by atoms with E-state index in [1.54, 1.807) is 19.2 Å². The lowest BCUT2D eigenvalue weighted by atomic mass is 10.4. The first-order valence-electron chi connectivity index (χ1n) is 3.79. The molecular weight excluding hydrogens is 168 g/mol. The van der Waals surface area contributed by atoms with Crippen LogP contribution in [0, 0.1) is 6.92 Å². The van der Waals surface area contributed by atoms with Gasteiger partial charge in [-0.15, -0.1) is 0 Å². The fourth-order valence-electron chi connectivity index (χ4n) is 1.14. The van der Waals surface area contributed by atoms with Gasteiger partial charge in [-0.25, -0.2) is 9.97 Å². The Bertz CT molecular complexity index is 474. The van der Waals surface area contributed by atoms with Gasteiger partial charge in [0.25, 0.3) is 5.91 Å². The third-order valence-electron chi connectivity index (χ3n) is 1.75. The second kappa shape index (κ2) is 2.55. The molecule has 0 aromatic carbocycles. The summed E-state index contributed by atoms with van der Waals surface area (Å²) in [6, 6.07) is 1.62. The van der Waals surface area contributed by atoms with E-state index in [-0.39, 0.29) is 0 Å². The van der Waals surface area contributed by atoms with E-state index in [0.717, 1.165) is 5.52 Å². The van der Waals surface area contributed by atoms with Gasteiger partial charge in [-0.2, -0.15) is 0 Å². The van der Waals surface area contributed by atoms with Crippen molar-refractivity contribution in [2.45, 2.75) is 6.92 Å². The number of nitrogens with zero attached hydrogens (tertiary/aromatic N) is 2. The van der Waals surface area contributed by atoms with E-state index < -0.39 is 5.91 Å². The average molecular weight is 176 g/mol. The maximum absolute atomic E-state index is 10.8. The van der Waals surface area contributed by atoms with Crippen LogP contribution in [0.15, 0.2) is 12.3 Å². The number of aromatic amines is 1. The molecule has 3 N–H and O–H groups in total. The summed E-state index contributed by atoms with van der Waals surface area (Å²) in [5.74, 6) is 0.179. The minimum atomic E-state index is -0.490. The van der Waals surface area contributed by atoms with Crippen molar-refractivity contribution in [3.63, 3.8) is 0 Å².